The molecule has 0 spiro atoms. The third-order valence-electron chi connectivity index (χ3n) is 5.51. The minimum absolute atomic E-state index is 0.327. The average Bonchev–Trinajstić information content (AvgIpc) is 2.55. The maximum Gasteiger partial charge on any atom is 0.414 e. The third kappa shape index (κ3) is 3.52. The van der Waals surface area contributed by atoms with E-state index in [1.54, 1.807) is 14.1 Å². The maximum absolute atomic E-state index is 11.7. The number of carbonyl (C=O) groups is 1. The number of amides is 1. The molecular formula is C19H28N2O2. The van der Waals surface area contributed by atoms with Crippen LogP contribution in [0.3, 0.4) is 0 Å². The topological polar surface area (TPSA) is 32.8 Å². The van der Waals surface area contributed by atoms with Crippen LogP contribution in [-0.4, -0.2) is 43.1 Å². The first-order valence-corrected chi connectivity index (χ1v) is 8.77. The number of benzene rings is 1. The first-order chi connectivity index (χ1) is 11.1. The summed E-state index contributed by atoms with van der Waals surface area (Å²) in [6.45, 7) is 0. The molecule has 4 heteroatoms. The van der Waals surface area contributed by atoms with Crippen LogP contribution in [0, 0.1) is 5.92 Å². The van der Waals surface area contributed by atoms with Crippen molar-refractivity contribution in [2.75, 3.05) is 21.1 Å². The van der Waals surface area contributed by atoms with Gasteiger partial charge in [0.2, 0.25) is 0 Å². The molecule has 1 aromatic rings. The number of rotatable bonds is 2. The summed E-state index contributed by atoms with van der Waals surface area (Å²) < 4.78 is 5.42. The third-order valence-corrected chi connectivity index (χ3v) is 5.51. The summed E-state index contributed by atoms with van der Waals surface area (Å²) in [5, 5.41) is 0. The summed E-state index contributed by atoms with van der Waals surface area (Å²) in [4.78, 5) is 15.8. The Kier molecular flexibility index (Phi) is 4.90. The lowest BCUT2D eigenvalue weighted by molar-refractivity contribution is 0.0363. The molecule has 4 nitrogen and oxygen atoms in total. The first-order valence-electron chi connectivity index (χ1n) is 8.77. The number of hydrogen-bond donors (Lipinski definition) is 0. The fourth-order valence-corrected chi connectivity index (χ4v) is 4.25. The zero-order chi connectivity index (χ0) is 16.4. The molecule has 0 N–H and O–H groups in total. The normalized spacial score (nSPS) is 28.0. The molecule has 2 aliphatic rings. The Morgan fingerprint density at radius 3 is 2.74 bits per heavy atom. The van der Waals surface area contributed by atoms with Gasteiger partial charge in [0, 0.05) is 26.2 Å². The Morgan fingerprint density at radius 1 is 1.17 bits per heavy atom. The van der Waals surface area contributed by atoms with E-state index in [0.717, 1.165) is 12.0 Å². The number of carbonyl (C=O) groups excluding carboxylic acids is 1. The minimum atomic E-state index is -0.327. The van der Waals surface area contributed by atoms with E-state index in [-0.39, 0.29) is 6.09 Å². The molecular weight excluding hydrogens is 288 g/mol. The van der Waals surface area contributed by atoms with Gasteiger partial charge in [0.15, 0.2) is 0 Å². The zero-order valence-corrected chi connectivity index (χ0v) is 14.5. The quantitative estimate of drug-likeness (QED) is 0.824. The monoisotopic (exact) mass is 316 g/mol. The Labute approximate surface area is 139 Å². The second-order valence-electron chi connectivity index (χ2n) is 7.21. The van der Waals surface area contributed by atoms with Crippen LogP contribution in [-0.2, 0) is 0 Å². The summed E-state index contributed by atoms with van der Waals surface area (Å²) in [5.41, 5.74) is 1.26. The van der Waals surface area contributed by atoms with Crippen LogP contribution < -0.4 is 4.74 Å². The lowest BCUT2D eigenvalue weighted by atomic mass is 9.75. The predicted molar refractivity (Wildman–Crippen MR) is 91.6 cm³/mol. The van der Waals surface area contributed by atoms with Crippen LogP contribution >= 0.6 is 0 Å². The van der Waals surface area contributed by atoms with Crippen molar-refractivity contribution in [3.8, 4) is 5.75 Å². The first kappa shape index (κ1) is 16.3. The van der Waals surface area contributed by atoms with Crippen molar-refractivity contribution >= 4 is 6.09 Å². The van der Waals surface area contributed by atoms with E-state index >= 15 is 0 Å². The number of fused-ring (bicyclic) bond motifs is 1. The second-order valence-corrected chi connectivity index (χ2v) is 7.21. The molecule has 23 heavy (non-hydrogen) atoms. The standard InChI is InChI=1S/C19H28N2O2/c1-20(2)19(22)23-16-9-6-8-15(13-16)18-12-11-14-7-4-5-10-17(14)21(18)3/h6,8-9,13-14,17-18H,4-5,7,10-12H2,1-3H3/t14-,17+,18+/m0/s1. The van der Waals surface area contributed by atoms with Crippen molar-refractivity contribution in [1.29, 1.82) is 0 Å². The lowest BCUT2D eigenvalue weighted by Crippen LogP contribution is -2.46. The van der Waals surface area contributed by atoms with Gasteiger partial charge in [-0.1, -0.05) is 25.0 Å². The molecule has 0 radical (unpaired) electrons. The minimum Gasteiger partial charge on any atom is -0.410 e. The summed E-state index contributed by atoms with van der Waals surface area (Å²) in [6, 6.07) is 9.21. The van der Waals surface area contributed by atoms with Gasteiger partial charge < -0.3 is 9.64 Å². The lowest BCUT2D eigenvalue weighted by Gasteiger charge is -2.47. The Morgan fingerprint density at radius 2 is 1.96 bits per heavy atom. The van der Waals surface area contributed by atoms with E-state index in [1.807, 2.05) is 18.2 Å². The van der Waals surface area contributed by atoms with Crippen molar-refractivity contribution in [2.45, 2.75) is 50.6 Å². The van der Waals surface area contributed by atoms with Crippen molar-refractivity contribution in [3.05, 3.63) is 29.8 Å². The molecule has 1 amide bonds. The van der Waals surface area contributed by atoms with Crippen LogP contribution in [0.5, 0.6) is 5.75 Å². The number of nitrogens with zero attached hydrogens (tertiary/aromatic N) is 2. The molecule has 1 saturated heterocycles. The Bertz CT molecular complexity index is 558. The molecule has 0 bridgehead atoms. The molecule has 1 aliphatic carbocycles. The van der Waals surface area contributed by atoms with Gasteiger partial charge in [-0.3, -0.25) is 4.90 Å². The zero-order valence-electron chi connectivity index (χ0n) is 14.5. The highest BCUT2D eigenvalue weighted by Crippen LogP contribution is 2.42. The molecule has 3 atom stereocenters. The fourth-order valence-electron chi connectivity index (χ4n) is 4.25. The van der Waals surface area contributed by atoms with Gasteiger partial charge in [-0.05, 0) is 56.3 Å². The summed E-state index contributed by atoms with van der Waals surface area (Å²) in [6.07, 6.45) is 7.67. The maximum atomic E-state index is 11.7. The van der Waals surface area contributed by atoms with Crippen molar-refractivity contribution in [2.24, 2.45) is 5.92 Å². The molecule has 3 rings (SSSR count). The van der Waals surface area contributed by atoms with Gasteiger partial charge >= 0.3 is 6.09 Å². The molecule has 1 aromatic carbocycles. The second kappa shape index (κ2) is 6.91. The van der Waals surface area contributed by atoms with Gasteiger partial charge in [-0.25, -0.2) is 4.79 Å². The predicted octanol–water partition coefficient (Wildman–Crippen LogP) is 4.07. The Hall–Kier alpha value is -1.55. The van der Waals surface area contributed by atoms with E-state index in [1.165, 1.54) is 49.0 Å². The van der Waals surface area contributed by atoms with Gasteiger partial charge in [0.05, 0.1) is 0 Å². The van der Waals surface area contributed by atoms with E-state index < -0.39 is 0 Å². The molecule has 0 unspecified atom stereocenters. The van der Waals surface area contributed by atoms with Gasteiger partial charge in [-0.15, -0.1) is 0 Å². The molecule has 126 valence electrons. The average molecular weight is 316 g/mol. The largest absolute Gasteiger partial charge is 0.414 e. The van der Waals surface area contributed by atoms with Gasteiger partial charge in [0.25, 0.3) is 0 Å². The van der Waals surface area contributed by atoms with Crippen LogP contribution in [0.1, 0.15) is 50.1 Å². The van der Waals surface area contributed by atoms with Crippen LogP contribution in [0.25, 0.3) is 0 Å². The van der Waals surface area contributed by atoms with Crippen LogP contribution in [0.2, 0.25) is 0 Å². The molecule has 1 saturated carbocycles. The van der Waals surface area contributed by atoms with Gasteiger partial charge in [-0.2, -0.15) is 0 Å². The molecule has 1 heterocycles. The van der Waals surface area contributed by atoms with E-state index in [9.17, 15) is 4.79 Å². The smallest absolute Gasteiger partial charge is 0.410 e. The molecule has 0 aromatic heterocycles. The summed E-state index contributed by atoms with van der Waals surface area (Å²) in [5.74, 6) is 1.51. The Balaban J connectivity index is 1.75. The highest BCUT2D eigenvalue weighted by Gasteiger charge is 2.36. The molecule has 1 aliphatic heterocycles. The highest BCUT2D eigenvalue weighted by atomic mass is 16.6. The van der Waals surface area contributed by atoms with E-state index in [2.05, 4.69) is 18.0 Å². The summed E-state index contributed by atoms with van der Waals surface area (Å²) >= 11 is 0. The number of piperidine rings is 1. The fraction of sp³-hybridized carbons (Fsp3) is 0.632. The van der Waals surface area contributed by atoms with Crippen molar-refractivity contribution < 1.29 is 9.53 Å². The van der Waals surface area contributed by atoms with Gasteiger partial charge in [0.1, 0.15) is 5.75 Å². The number of ether oxygens (including phenoxy) is 1. The van der Waals surface area contributed by atoms with E-state index in [0.29, 0.717) is 11.8 Å². The SMILES string of the molecule is CN(C)C(=O)Oc1cccc([C@H]2CC[C@@H]3CCCC[C@H]3N2C)c1. The number of hydrogen-bond acceptors (Lipinski definition) is 3. The van der Waals surface area contributed by atoms with Crippen molar-refractivity contribution in [1.82, 2.24) is 9.80 Å². The molecule has 2 fully saturated rings. The number of likely N-dealkylation sites (tertiary alicyclic amines) is 1. The van der Waals surface area contributed by atoms with Crippen LogP contribution in [0.15, 0.2) is 24.3 Å². The summed E-state index contributed by atoms with van der Waals surface area (Å²) in [7, 11) is 5.67. The van der Waals surface area contributed by atoms with E-state index in [4.69, 9.17) is 4.74 Å². The van der Waals surface area contributed by atoms with Crippen LogP contribution in [0.4, 0.5) is 4.79 Å². The van der Waals surface area contributed by atoms with Crippen molar-refractivity contribution in [3.63, 3.8) is 0 Å². The highest BCUT2D eigenvalue weighted by molar-refractivity contribution is 5.70.